The summed E-state index contributed by atoms with van der Waals surface area (Å²) in [6.07, 6.45) is 3.63. The number of carbonyl (C=O) groups excluding carboxylic acids is 2. The Morgan fingerprint density at radius 1 is 0.872 bits per heavy atom. The Labute approximate surface area is 273 Å². The Kier molecular flexibility index (Phi) is 10.6. The molecule has 0 bridgehead atoms. The summed E-state index contributed by atoms with van der Waals surface area (Å²) in [6.45, 7) is -1.06. The van der Waals surface area contributed by atoms with Crippen LogP contribution in [0.5, 0.6) is 0 Å². The predicted molar refractivity (Wildman–Crippen MR) is 175 cm³/mol. The topological polar surface area (TPSA) is 130 Å². The Morgan fingerprint density at radius 2 is 1.47 bits per heavy atom. The van der Waals surface area contributed by atoms with Crippen molar-refractivity contribution in [3.05, 3.63) is 136 Å². The van der Waals surface area contributed by atoms with Crippen LogP contribution >= 0.6 is 0 Å². The highest BCUT2D eigenvalue weighted by molar-refractivity contribution is 7.92. The Morgan fingerprint density at radius 3 is 2.09 bits per heavy atom. The van der Waals surface area contributed by atoms with Crippen LogP contribution in [0.15, 0.2) is 114 Å². The average Bonchev–Trinajstić information content (AvgIpc) is 3.60. The van der Waals surface area contributed by atoms with E-state index in [2.05, 4.69) is 5.32 Å². The van der Waals surface area contributed by atoms with Crippen molar-refractivity contribution >= 4 is 33.2 Å². The first-order valence-corrected chi connectivity index (χ1v) is 16.8. The van der Waals surface area contributed by atoms with Crippen LogP contribution in [-0.4, -0.2) is 48.7 Å². The second kappa shape index (κ2) is 15.0. The van der Waals surface area contributed by atoms with Gasteiger partial charge in [-0.3, -0.25) is 24.0 Å². The van der Waals surface area contributed by atoms with E-state index in [4.69, 9.17) is 0 Å². The molecule has 4 aromatic carbocycles. The van der Waals surface area contributed by atoms with Crippen LogP contribution in [0.1, 0.15) is 36.8 Å². The highest BCUT2D eigenvalue weighted by Crippen LogP contribution is 2.27. The van der Waals surface area contributed by atoms with Gasteiger partial charge in [-0.15, -0.1) is 0 Å². The number of non-ortho nitro benzene ring substituents is 1. The zero-order valence-electron chi connectivity index (χ0n) is 25.6. The highest BCUT2D eigenvalue weighted by atomic mass is 32.2. The molecular formula is C35H35FN4O6S. The number of sulfonamides is 1. The van der Waals surface area contributed by atoms with Crippen LogP contribution in [0.4, 0.5) is 15.8 Å². The second-order valence-electron chi connectivity index (χ2n) is 11.4. The molecule has 4 aromatic rings. The maximum absolute atomic E-state index is 15.1. The molecule has 2 amide bonds. The zero-order chi connectivity index (χ0) is 33.4. The molecule has 1 aliphatic rings. The average molecular weight is 659 g/mol. The van der Waals surface area contributed by atoms with E-state index >= 15 is 4.39 Å². The number of nitro groups is 1. The van der Waals surface area contributed by atoms with E-state index in [1.165, 1.54) is 59.5 Å². The van der Waals surface area contributed by atoms with Gasteiger partial charge in [0.2, 0.25) is 11.8 Å². The lowest BCUT2D eigenvalue weighted by molar-refractivity contribution is -0.384. The molecule has 1 unspecified atom stereocenters. The van der Waals surface area contributed by atoms with Gasteiger partial charge in [-0.05, 0) is 48.7 Å². The van der Waals surface area contributed by atoms with E-state index in [-0.39, 0.29) is 40.8 Å². The number of carbonyl (C=O) groups is 2. The van der Waals surface area contributed by atoms with E-state index in [0.29, 0.717) is 0 Å². The Bertz CT molecular complexity index is 1800. The van der Waals surface area contributed by atoms with Crippen LogP contribution in [-0.2, 0) is 32.6 Å². The zero-order valence-corrected chi connectivity index (χ0v) is 26.4. The van der Waals surface area contributed by atoms with Crippen LogP contribution in [0, 0.1) is 15.9 Å². The van der Waals surface area contributed by atoms with Gasteiger partial charge in [0.15, 0.2) is 0 Å². The van der Waals surface area contributed by atoms with Gasteiger partial charge >= 0.3 is 0 Å². The van der Waals surface area contributed by atoms with Gasteiger partial charge < -0.3 is 10.2 Å². The van der Waals surface area contributed by atoms with Crippen molar-refractivity contribution in [2.45, 2.75) is 55.6 Å². The summed E-state index contributed by atoms with van der Waals surface area (Å²) in [5.41, 5.74) is 0.661. The summed E-state index contributed by atoms with van der Waals surface area (Å²) in [4.78, 5) is 40.3. The van der Waals surface area contributed by atoms with E-state index < -0.39 is 45.2 Å². The molecule has 1 aliphatic carbocycles. The van der Waals surface area contributed by atoms with Gasteiger partial charge in [-0.25, -0.2) is 12.8 Å². The largest absolute Gasteiger partial charge is 0.352 e. The van der Waals surface area contributed by atoms with Gasteiger partial charge in [0.1, 0.15) is 18.4 Å². The quantitative estimate of drug-likeness (QED) is 0.147. The van der Waals surface area contributed by atoms with Gasteiger partial charge in [0, 0.05) is 36.7 Å². The summed E-state index contributed by atoms with van der Waals surface area (Å²) in [6, 6.07) is 26.1. The molecule has 0 spiro atoms. The standard InChI is InChI=1S/C35H35FN4O6S/c36-32-18-10-7-13-27(32)24-38(33(23-26-11-3-1-4-12-26)35(42)37-28-14-8-9-15-28)34(41)25-39(29-19-21-30(22-20-29)40(43)44)47(45,46)31-16-5-2-6-17-31/h1-7,10-13,16-22,28,33H,8-9,14-15,23-25H2,(H,37,42). The molecule has 5 rings (SSSR count). The summed E-state index contributed by atoms with van der Waals surface area (Å²) >= 11 is 0. The number of nitrogens with one attached hydrogen (secondary N) is 1. The molecule has 0 aromatic heterocycles. The van der Waals surface area contributed by atoms with Crippen molar-refractivity contribution in [2.75, 3.05) is 10.8 Å². The van der Waals surface area contributed by atoms with Gasteiger partial charge in [0.25, 0.3) is 15.7 Å². The number of nitrogens with zero attached hydrogens (tertiary/aromatic N) is 3. The molecular weight excluding hydrogens is 623 g/mol. The summed E-state index contributed by atoms with van der Waals surface area (Å²) < 4.78 is 44.0. The van der Waals surface area contributed by atoms with Gasteiger partial charge in [0.05, 0.1) is 15.5 Å². The van der Waals surface area contributed by atoms with E-state index in [1.807, 2.05) is 30.3 Å². The lowest BCUT2D eigenvalue weighted by atomic mass is 10.0. The summed E-state index contributed by atoms with van der Waals surface area (Å²) in [7, 11) is -4.38. The SMILES string of the molecule is O=C(NC1CCCC1)C(Cc1ccccc1)N(Cc1ccccc1F)C(=O)CN(c1ccc([N+](=O)[O-])cc1)S(=O)(=O)c1ccccc1. The number of amides is 2. The third kappa shape index (κ3) is 8.20. The van der Waals surface area contributed by atoms with E-state index in [0.717, 1.165) is 47.7 Å². The summed E-state index contributed by atoms with van der Waals surface area (Å²) in [5, 5.41) is 14.4. The number of rotatable bonds is 13. The van der Waals surface area contributed by atoms with Crippen molar-refractivity contribution < 1.29 is 27.3 Å². The third-order valence-corrected chi connectivity index (χ3v) is 10.0. The second-order valence-corrected chi connectivity index (χ2v) is 13.3. The van der Waals surface area contributed by atoms with Crippen molar-refractivity contribution in [1.82, 2.24) is 10.2 Å². The molecule has 0 heterocycles. The molecule has 1 fully saturated rings. The molecule has 0 saturated heterocycles. The predicted octanol–water partition coefficient (Wildman–Crippen LogP) is 5.63. The monoisotopic (exact) mass is 658 g/mol. The van der Waals surface area contributed by atoms with Crippen molar-refractivity contribution in [1.29, 1.82) is 0 Å². The van der Waals surface area contributed by atoms with Gasteiger partial charge in [-0.2, -0.15) is 0 Å². The van der Waals surface area contributed by atoms with E-state index in [1.54, 1.807) is 12.1 Å². The van der Waals surface area contributed by atoms with Crippen molar-refractivity contribution in [3.63, 3.8) is 0 Å². The first kappa shape index (κ1) is 33.3. The van der Waals surface area contributed by atoms with E-state index in [9.17, 15) is 28.1 Å². The molecule has 0 radical (unpaired) electrons. The minimum Gasteiger partial charge on any atom is -0.352 e. The number of anilines is 1. The summed E-state index contributed by atoms with van der Waals surface area (Å²) in [5.74, 6) is -1.75. The Balaban J connectivity index is 1.57. The minimum absolute atomic E-state index is 0.00802. The first-order valence-electron chi connectivity index (χ1n) is 15.3. The number of hydrogen-bond acceptors (Lipinski definition) is 6. The lowest BCUT2D eigenvalue weighted by Crippen LogP contribution is -2.54. The number of nitro benzene ring substituents is 1. The fourth-order valence-electron chi connectivity index (χ4n) is 5.72. The van der Waals surface area contributed by atoms with Crippen molar-refractivity contribution in [2.24, 2.45) is 0 Å². The Hall–Kier alpha value is -5.10. The number of benzene rings is 4. The molecule has 10 nitrogen and oxygen atoms in total. The molecule has 47 heavy (non-hydrogen) atoms. The highest BCUT2D eigenvalue weighted by Gasteiger charge is 2.36. The normalized spacial score (nSPS) is 13.9. The minimum atomic E-state index is -4.38. The van der Waals surface area contributed by atoms with Crippen LogP contribution < -0.4 is 9.62 Å². The third-order valence-electron chi connectivity index (χ3n) is 8.23. The molecule has 0 aliphatic heterocycles. The molecule has 1 N–H and O–H groups in total. The molecule has 244 valence electrons. The fourth-order valence-corrected chi connectivity index (χ4v) is 7.16. The smallest absolute Gasteiger partial charge is 0.269 e. The number of hydrogen-bond donors (Lipinski definition) is 1. The first-order chi connectivity index (χ1) is 22.6. The maximum atomic E-state index is 15.1. The van der Waals surface area contributed by atoms with Crippen LogP contribution in [0.2, 0.25) is 0 Å². The molecule has 1 saturated carbocycles. The van der Waals surface area contributed by atoms with Crippen LogP contribution in [0.25, 0.3) is 0 Å². The maximum Gasteiger partial charge on any atom is 0.269 e. The lowest BCUT2D eigenvalue weighted by Gasteiger charge is -2.34. The van der Waals surface area contributed by atoms with Gasteiger partial charge in [-0.1, -0.05) is 79.6 Å². The fraction of sp³-hybridized carbons (Fsp3) is 0.257. The van der Waals surface area contributed by atoms with Crippen molar-refractivity contribution in [3.8, 4) is 0 Å². The molecule has 12 heteroatoms. The molecule has 1 atom stereocenters. The number of halogens is 1. The van der Waals surface area contributed by atoms with Crippen LogP contribution in [0.3, 0.4) is 0 Å².